The molecule has 1 aromatic rings. The van der Waals surface area contributed by atoms with Gasteiger partial charge in [-0.05, 0) is 49.1 Å². The van der Waals surface area contributed by atoms with Gasteiger partial charge >= 0.3 is 11.7 Å². The minimum atomic E-state index is -0.986. The van der Waals surface area contributed by atoms with Crippen molar-refractivity contribution in [1.82, 2.24) is 0 Å². The molecule has 3 rings (SSSR count). The van der Waals surface area contributed by atoms with Gasteiger partial charge in [0, 0.05) is 18.2 Å². The number of carbonyl (C=O) groups is 2. The van der Waals surface area contributed by atoms with Crippen LogP contribution in [0.25, 0.3) is 0 Å². The summed E-state index contributed by atoms with van der Waals surface area (Å²) in [7, 11) is 0. The number of anilines is 1. The standard InChI is InChI=1S/C17H19FN2O5/c18-14-4-3-13(8-15(14)20(23)24)19-16(21)9-25-17(22)7-12-6-10-1-2-11(12)5-10/h3-4,8,10-12H,1-2,5-7,9H2,(H,19,21)/t10-,11+,12-/m0/s1. The van der Waals surface area contributed by atoms with Crippen LogP contribution in [0, 0.1) is 33.7 Å². The van der Waals surface area contributed by atoms with Crippen molar-refractivity contribution in [3.05, 3.63) is 34.1 Å². The monoisotopic (exact) mass is 350 g/mol. The molecule has 0 saturated heterocycles. The summed E-state index contributed by atoms with van der Waals surface area (Å²) in [5, 5.41) is 13.0. The van der Waals surface area contributed by atoms with E-state index >= 15 is 0 Å². The third-order valence-corrected chi connectivity index (χ3v) is 5.10. The molecule has 2 fully saturated rings. The van der Waals surface area contributed by atoms with Gasteiger partial charge in [-0.15, -0.1) is 0 Å². The third kappa shape index (κ3) is 4.12. The van der Waals surface area contributed by atoms with Gasteiger partial charge in [0.05, 0.1) is 4.92 Å². The minimum Gasteiger partial charge on any atom is -0.456 e. The highest BCUT2D eigenvalue weighted by Gasteiger charge is 2.40. The predicted molar refractivity (Wildman–Crippen MR) is 86.2 cm³/mol. The average Bonchev–Trinajstić information content (AvgIpc) is 3.17. The molecule has 0 heterocycles. The molecule has 0 unspecified atom stereocenters. The van der Waals surface area contributed by atoms with E-state index in [1.807, 2.05) is 0 Å². The normalized spacial score (nSPS) is 24.1. The molecule has 1 aromatic carbocycles. The largest absolute Gasteiger partial charge is 0.456 e. The molecule has 7 nitrogen and oxygen atoms in total. The average molecular weight is 350 g/mol. The van der Waals surface area contributed by atoms with Gasteiger partial charge in [-0.1, -0.05) is 6.42 Å². The fourth-order valence-electron chi connectivity index (χ4n) is 3.97. The highest BCUT2D eigenvalue weighted by molar-refractivity contribution is 5.93. The van der Waals surface area contributed by atoms with E-state index in [0.717, 1.165) is 24.5 Å². The summed E-state index contributed by atoms with van der Waals surface area (Å²) in [6.45, 7) is -0.467. The zero-order valence-corrected chi connectivity index (χ0v) is 13.6. The SMILES string of the molecule is O=C(COC(=O)C[C@@H]1C[C@H]2CC[C@@H]1C2)Nc1ccc(F)c([N+](=O)[O-])c1. The number of ether oxygens (including phenoxy) is 1. The summed E-state index contributed by atoms with van der Waals surface area (Å²) in [5.74, 6) is -0.319. The number of nitrogens with one attached hydrogen (secondary N) is 1. The summed E-state index contributed by atoms with van der Waals surface area (Å²) in [6, 6.07) is 3.02. The molecule has 0 aliphatic heterocycles. The topological polar surface area (TPSA) is 98.5 Å². The fourth-order valence-corrected chi connectivity index (χ4v) is 3.97. The molecular formula is C17H19FN2O5. The van der Waals surface area contributed by atoms with Crippen LogP contribution in [0.4, 0.5) is 15.8 Å². The van der Waals surface area contributed by atoms with Crippen LogP contribution in [0.2, 0.25) is 0 Å². The van der Waals surface area contributed by atoms with Crippen molar-refractivity contribution < 1.29 is 23.6 Å². The van der Waals surface area contributed by atoms with Gasteiger partial charge < -0.3 is 10.1 Å². The Morgan fingerprint density at radius 1 is 1.32 bits per heavy atom. The van der Waals surface area contributed by atoms with E-state index in [-0.39, 0.29) is 5.69 Å². The first-order valence-corrected chi connectivity index (χ1v) is 8.31. The van der Waals surface area contributed by atoms with Gasteiger partial charge in [-0.2, -0.15) is 4.39 Å². The van der Waals surface area contributed by atoms with E-state index in [4.69, 9.17) is 4.74 Å². The van der Waals surface area contributed by atoms with Crippen LogP contribution in [-0.4, -0.2) is 23.4 Å². The zero-order chi connectivity index (χ0) is 18.0. The summed E-state index contributed by atoms with van der Waals surface area (Å²) in [4.78, 5) is 33.5. The van der Waals surface area contributed by atoms with E-state index in [2.05, 4.69) is 5.32 Å². The first-order chi connectivity index (χ1) is 11.9. The Kier molecular flexibility index (Phi) is 4.96. The molecule has 3 atom stereocenters. The lowest BCUT2D eigenvalue weighted by atomic mass is 9.86. The molecule has 1 amide bonds. The summed E-state index contributed by atoms with van der Waals surface area (Å²) < 4.78 is 18.2. The molecule has 25 heavy (non-hydrogen) atoms. The minimum absolute atomic E-state index is 0.0715. The van der Waals surface area contributed by atoms with Gasteiger partial charge in [0.2, 0.25) is 5.82 Å². The second-order valence-electron chi connectivity index (χ2n) is 6.77. The van der Waals surface area contributed by atoms with E-state index in [0.29, 0.717) is 18.3 Å². The number of hydrogen-bond acceptors (Lipinski definition) is 5. The van der Waals surface area contributed by atoms with Crippen molar-refractivity contribution in [3.63, 3.8) is 0 Å². The summed E-state index contributed by atoms with van der Waals surface area (Å²) in [5.41, 5.74) is -0.659. The predicted octanol–water partition coefficient (Wildman–Crippen LogP) is 3.04. The zero-order valence-electron chi connectivity index (χ0n) is 13.6. The molecule has 2 aliphatic carbocycles. The van der Waals surface area contributed by atoms with Crippen LogP contribution in [0.5, 0.6) is 0 Å². The number of amides is 1. The van der Waals surface area contributed by atoms with Crippen LogP contribution >= 0.6 is 0 Å². The lowest BCUT2D eigenvalue weighted by molar-refractivity contribution is -0.387. The van der Waals surface area contributed by atoms with Crippen LogP contribution < -0.4 is 5.32 Å². The molecule has 0 spiro atoms. The van der Waals surface area contributed by atoms with E-state index < -0.39 is 34.9 Å². The number of halogens is 1. The van der Waals surface area contributed by atoms with Crippen molar-refractivity contribution in [2.24, 2.45) is 17.8 Å². The molecular weight excluding hydrogens is 331 g/mol. The van der Waals surface area contributed by atoms with Gasteiger partial charge in [0.1, 0.15) is 0 Å². The number of hydrogen-bond donors (Lipinski definition) is 1. The maximum atomic E-state index is 13.2. The van der Waals surface area contributed by atoms with Crippen molar-refractivity contribution in [2.45, 2.75) is 32.1 Å². The number of nitro groups is 1. The lowest BCUT2D eigenvalue weighted by Gasteiger charge is -2.20. The Morgan fingerprint density at radius 2 is 2.12 bits per heavy atom. The Bertz CT molecular complexity index is 708. The van der Waals surface area contributed by atoms with Crippen molar-refractivity contribution in [1.29, 1.82) is 0 Å². The third-order valence-electron chi connectivity index (χ3n) is 5.10. The number of rotatable bonds is 6. The van der Waals surface area contributed by atoms with Gasteiger partial charge in [0.15, 0.2) is 6.61 Å². The van der Waals surface area contributed by atoms with Crippen LogP contribution in [0.3, 0.4) is 0 Å². The van der Waals surface area contributed by atoms with Gasteiger partial charge in [-0.3, -0.25) is 19.7 Å². The number of carbonyl (C=O) groups excluding carboxylic acids is 2. The first kappa shape index (κ1) is 17.3. The Hall–Kier alpha value is -2.51. The van der Waals surface area contributed by atoms with Crippen molar-refractivity contribution >= 4 is 23.3 Å². The molecule has 8 heteroatoms. The molecule has 0 aromatic heterocycles. The summed E-state index contributed by atoms with van der Waals surface area (Å²) in [6.07, 6.45) is 5.01. The quantitative estimate of drug-likeness (QED) is 0.483. The van der Waals surface area contributed by atoms with Gasteiger partial charge in [-0.25, -0.2) is 0 Å². The Balaban J connectivity index is 1.45. The molecule has 2 bridgehead atoms. The van der Waals surface area contributed by atoms with Gasteiger partial charge in [0.25, 0.3) is 5.91 Å². The Labute approximate surface area is 143 Å². The van der Waals surface area contributed by atoms with Crippen molar-refractivity contribution in [2.75, 3.05) is 11.9 Å². The molecule has 1 N–H and O–H groups in total. The Morgan fingerprint density at radius 3 is 2.76 bits per heavy atom. The maximum Gasteiger partial charge on any atom is 0.306 e. The fraction of sp³-hybridized carbons (Fsp3) is 0.529. The number of nitro benzene ring substituents is 1. The van der Waals surface area contributed by atoms with E-state index in [1.54, 1.807) is 0 Å². The second kappa shape index (κ2) is 7.16. The van der Waals surface area contributed by atoms with Crippen LogP contribution in [0.1, 0.15) is 32.1 Å². The van der Waals surface area contributed by atoms with Crippen molar-refractivity contribution in [3.8, 4) is 0 Å². The number of esters is 1. The highest BCUT2D eigenvalue weighted by atomic mass is 19.1. The van der Waals surface area contributed by atoms with Crippen LogP contribution in [-0.2, 0) is 14.3 Å². The number of nitrogens with zero attached hydrogens (tertiary/aromatic N) is 1. The first-order valence-electron chi connectivity index (χ1n) is 8.31. The number of benzene rings is 1. The second-order valence-corrected chi connectivity index (χ2v) is 6.77. The molecule has 134 valence electrons. The maximum absolute atomic E-state index is 13.2. The molecule has 0 radical (unpaired) electrons. The smallest absolute Gasteiger partial charge is 0.306 e. The molecule has 2 saturated carbocycles. The lowest BCUT2D eigenvalue weighted by Crippen LogP contribution is -2.23. The highest BCUT2D eigenvalue weighted by Crippen LogP contribution is 2.49. The van der Waals surface area contributed by atoms with E-state index in [1.165, 1.54) is 25.3 Å². The van der Waals surface area contributed by atoms with E-state index in [9.17, 15) is 24.1 Å². The van der Waals surface area contributed by atoms with Crippen LogP contribution in [0.15, 0.2) is 18.2 Å². The number of fused-ring (bicyclic) bond motifs is 2. The summed E-state index contributed by atoms with van der Waals surface area (Å²) >= 11 is 0. The molecule has 2 aliphatic rings.